The first-order chi connectivity index (χ1) is 39.3. The fourth-order valence-electron chi connectivity index (χ4n) is 10.1. The molecule has 5 amide bonds. The Hall–Kier alpha value is -7.46. The maximum absolute atomic E-state index is 13.8. The van der Waals surface area contributed by atoms with Crippen LogP contribution in [0.1, 0.15) is 105 Å². The molecule has 2 aliphatic heterocycles. The number of fused-ring (bicyclic) bond motifs is 2. The van der Waals surface area contributed by atoms with Gasteiger partial charge in [-0.25, -0.2) is 0 Å². The van der Waals surface area contributed by atoms with E-state index in [1.807, 2.05) is 155 Å². The summed E-state index contributed by atoms with van der Waals surface area (Å²) in [6, 6.07) is 34.2. The van der Waals surface area contributed by atoms with Crippen molar-refractivity contribution in [1.82, 2.24) is 47.2 Å². The van der Waals surface area contributed by atoms with Crippen molar-refractivity contribution in [3.63, 3.8) is 0 Å². The molecule has 0 saturated heterocycles. The number of hydrogen-bond acceptors (Lipinski definition) is 14. The number of β-amino-alcohol motifs (C(OH)–C–C–N with tert-alkyl or cyclic N) is 2. The van der Waals surface area contributed by atoms with Crippen molar-refractivity contribution in [1.29, 1.82) is 0 Å². The Labute approximate surface area is 487 Å². The molecule has 5 heterocycles. The van der Waals surface area contributed by atoms with Gasteiger partial charge in [-0.3, -0.25) is 24.0 Å². The highest BCUT2D eigenvalue weighted by molar-refractivity contribution is 7.10. The molecule has 0 unspecified atom stereocenters. The molecule has 20 heteroatoms. The van der Waals surface area contributed by atoms with Gasteiger partial charge in [0, 0.05) is 64.4 Å². The van der Waals surface area contributed by atoms with Gasteiger partial charge in [-0.15, -0.1) is 32.9 Å². The van der Waals surface area contributed by atoms with Crippen LogP contribution in [0.15, 0.2) is 120 Å². The van der Waals surface area contributed by atoms with Crippen LogP contribution in [0.2, 0.25) is 0 Å². The van der Waals surface area contributed by atoms with Crippen LogP contribution in [0.25, 0.3) is 33.6 Å². The quantitative estimate of drug-likeness (QED) is 0.0342. The topological polar surface area (TPSA) is 247 Å². The van der Waals surface area contributed by atoms with Crippen LogP contribution in [0.5, 0.6) is 0 Å². The first-order valence-corrected chi connectivity index (χ1v) is 29.6. The molecular weight excluding hydrogens is 1070 g/mol. The summed E-state index contributed by atoms with van der Waals surface area (Å²) in [5, 5.41) is 52.9. The van der Waals surface area contributed by atoms with E-state index in [2.05, 4.69) is 47.2 Å². The lowest BCUT2D eigenvalue weighted by Gasteiger charge is -2.29. The maximum atomic E-state index is 13.8. The number of nitrogens with one attached hydrogen (secondary N) is 6. The highest BCUT2D eigenvalue weighted by atomic mass is 32.1. The Morgan fingerprint density at radius 3 is 1.55 bits per heavy atom. The number of carbonyl (C=O) groups excluding carboxylic acids is 5. The molecule has 432 valence electrons. The van der Waals surface area contributed by atoms with E-state index < -0.39 is 35.4 Å². The third kappa shape index (κ3) is 16.0. The van der Waals surface area contributed by atoms with Crippen molar-refractivity contribution < 1.29 is 34.2 Å². The van der Waals surface area contributed by atoms with Crippen molar-refractivity contribution in [3.8, 4) is 33.6 Å². The number of anilines is 2. The van der Waals surface area contributed by atoms with Crippen LogP contribution in [-0.2, 0) is 45.1 Å². The van der Waals surface area contributed by atoms with Gasteiger partial charge in [0.25, 0.3) is 5.91 Å². The van der Waals surface area contributed by atoms with Crippen LogP contribution in [-0.4, -0.2) is 115 Å². The van der Waals surface area contributed by atoms with Gasteiger partial charge < -0.3 is 46.6 Å². The van der Waals surface area contributed by atoms with E-state index in [1.54, 1.807) is 46.3 Å². The molecule has 0 bridgehead atoms. The Balaban J connectivity index is 0.000000215. The zero-order chi connectivity index (χ0) is 58.6. The van der Waals surface area contributed by atoms with Crippen molar-refractivity contribution in [2.45, 2.75) is 135 Å². The molecule has 18 nitrogen and oxygen atoms in total. The normalized spacial score (nSPS) is 16.2. The molecular formula is C62H75N11O7S2. The minimum atomic E-state index is -0.627. The van der Waals surface area contributed by atoms with Gasteiger partial charge in [0.15, 0.2) is 0 Å². The van der Waals surface area contributed by atoms with E-state index in [0.29, 0.717) is 63.4 Å². The second-order valence-corrected chi connectivity index (χ2v) is 24.3. The number of aryl methyl sites for hydroxylation is 2. The van der Waals surface area contributed by atoms with Gasteiger partial charge in [0.1, 0.15) is 12.1 Å². The molecule has 7 aromatic rings. The first kappa shape index (κ1) is 60.6. The number of aliphatic hydroxyl groups excluding tert-OH is 2. The van der Waals surface area contributed by atoms with Gasteiger partial charge in [-0.1, -0.05) is 91.0 Å². The number of rotatable bonds is 21. The zero-order valence-electron chi connectivity index (χ0n) is 47.6. The van der Waals surface area contributed by atoms with E-state index in [4.69, 9.17) is 0 Å². The lowest BCUT2D eigenvalue weighted by Crippen LogP contribution is -2.51. The number of aromatic amines is 1. The summed E-state index contributed by atoms with van der Waals surface area (Å²) in [6.07, 6.45) is 1.85. The standard InChI is InChI=1S/C32H40N4O4S.C30H35N7O3S/c1-5-33-30(39)25-9-7-6-8-24(25)23-12-10-22(11-13-23)20-36-27-16-17-41-28(27)15-14-26(31(36)40)35-29(38)18-32(3,4)34-19-21(2)37;1-19(38)17-31-30(2,3)16-27(39)32-24-12-13-26-25(14-15-41-26)37(29(24)40)18-20-8-10-21(11-9-20)22-6-4-5-7-23(22)28-33-35-36-34-28/h6-13,16-17,21,26,34,37H,5,14-15,18-20H2,1-4H3,(H,33,39)(H,35,38);4-11,14-15,19,24,31,38H,12-13,16-18H2,1-3H3,(H,32,39)(H,33,34,35,36)/t21-,26-;19-,24-/m11/s1. The number of nitrogens with zero attached hydrogens (tertiary/aromatic N) is 5. The van der Waals surface area contributed by atoms with Crippen LogP contribution < -0.4 is 36.4 Å². The summed E-state index contributed by atoms with van der Waals surface area (Å²) in [4.78, 5) is 72.0. The lowest BCUT2D eigenvalue weighted by atomic mass is 9.98. The third-order valence-corrected chi connectivity index (χ3v) is 16.3. The molecule has 8 N–H and O–H groups in total. The summed E-state index contributed by atoms with van der Waals surface area (Å²) in [5.74, 6) is -0.219. The molecule has 3 aromatic heterocycles. The summed E-state index contributed by atoms with van der Waals surface area (Å²) in [5.41, 5.74) is 7.95. The number of tetrazole rings is 1. The van der Waals surface area contributed by atoms with E-state index >= 15 is 0 Å². The number of aromatic nitrogens is 4. The number of amides is 5. The minimum Gasteiger partial charge on any atom is -0.392 e. The predicted molar refractivity (Wildman–Crippen MR) is 323 cm³/mol. The SMILES string of the molecule is CCNC(=O)c1ccccc1-c1ccc(CN2C(=O)[C@H](NC(=O)CC(C)(C)NC[C@@H](C)O)CCc3sccc32)cc1.C[C@@H](O)CNC(C)(C)CC(=O)N[C@@H]1CCc2sccc2N(Cc2ccc(-c3ccccc3-c3nn[nH]n3)cc2)C1=O. The number of H-pyrrole nitrogens is 1. The van der Waals surface area contributed by atoms with Crippen LogP contribution in [0.3, 0.4) is 0 Å². The van der Waals surface area contributed by atoms with E-state index in [1.165, 1.54) is 0 Å². The predicted octanol–water partition coefficient (Wildman–Crippen LogP) is 7.97. The van der Waals surface area contributed by atoms with E-state index in [0.717, 1.165) is 66.5 Å². The van der Waals surface area contributed by atoms with Crippen LogP contribution in [0, 0.1) is 0 Å². The molecule has 0 radical (unpaired) electrons. The Morgan fingerprint density at radius 1 is 0.646 bits per heavy atom. The Morgan fingerprint density at radius 2 is 1.10 bits per heavy atom. The minimum absolute atomic E-state index is 0.109. The highest BCUT2D eigenvalue weighted by Gasteiger charge is 2.35. The fourth-order valence-corrected chi connectivity index (χ4v) is 11.9. The fraction of sp³-hybridized carbons (Fsp3) is 0.387. The van der Waals surface area contributed by atoms with E-state index in [9.17, 15) is 34.2 Å². The second-order valence-electron chi connectivity index (χ2n) is 22.3. The maximum Gasteiger partial charge on any atom is 0.251 e. The molecule has 4 atom stereocenters. The van der Waals surface area contributed by atoms with Gasteiger partial charge in [-0.2, -0.15) is 5.21 Å². The van der Waals surface area contributed by atoms with Crippen molar-refractivity contribution in [3.05, 3.63) is 146 Å². The average Bonchev–Trinajstić information content (AvgIpc) is 4.35. The molecule has 0 fully saturated rings. The number of hydrogen-bond donors (Lipinski definition) is 8. The molecule has 2 aliphatic rings. The van der Waals surface area contributed by atoms with Crippen molar-refractivity contribution in [2.24, 2.45) is 0 Å². The summed E-state index contributed by atoms with van der Waals surface area (Å²) < 4.78 is 0. The van der Waals surface area contributed by atoms with Gasteiger partial charge in [0.2, 0.25) is 29.5 Å². The molecule has 82 heavy (non-hydrogen) atoms. The molecule has 0 saturated carbocycles. The molecule has 0 spiro atoms. The summed E-state index contributed by atoms with van der Waals surface area (Å²) in [7, 11) is 0. The van der Waals surface area contributed by atoms with Gasteiger partial charge in [-0.05, 0) is 142 Å². The van der Waals surface area contributed by atoms with Crippen molar-refractivity contribution >= 4 is 63.6 Å². The number of thiophene rings is 2. The summed E-state index contributed by atoms with van der Waals surface area (Å²) in [6.45, 7) is 15.0. The zero-order valence-corrected chi connectivity index (χ0v) is 49.3. The third-order valence-electron chi connectivity index (χ3n) is 14.3. The highest BCUT2D eigenvalue weighted by Crippen LogP contribution is 2.36. The first-order valence-electron chi connectivity index (χ1n) is 27.9. The van der Waals surface area contributed by atoms with Crippen molar-refractivity contribution in [2.75, 3.05) is 29.4 Å². The molecule has 0 aliphatic carbocycles. The van der Waals surface area contributed by atoms with Gasteiger partial charge in [0.05, 0.1) is 36.7 Å². The number of carbonyl (C=O) groups is 5. The number of aliphatic hydroxyl groups is 2. The lowest BCUT2D eigenvalue weighted by molar-refractivity contribution is -0.128. The average molecular weight is 1150 g/mol. The molecule has 4 aromatic carbocycles. The Bertz CT molecular complexity index is 3280. The summed E-state index contributed by atoms with van der Waals surface area (Å²) >= 11 is 3.26. The Kier molecular flexibility index (Phi) is 20.4. The van der Waals surface area contributed by atoms with Crippen LogP contribution in [0.4, 0.5) is 11.4 Å². The second kappa shape index (κ2) is 27.5. The number of benzene rings is 4. The largest absolute Gasteiger partial charge is 0.392 e. The monoisotopic (exact) mass is 1150 g/mol. The van der Waals surface area contributed by atoms with Gasteiger partial charge >= 0.3 is 0 Å². The van der Waals surface area contributed by atoms with Crippen LogP contribution >= 0.6 is 22.7 Å². The molecule has 9 rings (SSSR count). The van der Waals surface area contributed by atoms with E-state index in [-0.39, 0.29) is 42.4 Å². The smallest absolute Gasteiger partial charge is 0.251 e.